The molecule has 27 heavy (non-hydrogen) atoms. The van der Waals surface area contributed by atoms with E-state index in [1.54, 1.807) is 4.68 Å². The molecule has 8 nitrogen and oxygen atoms in total. The molecule has 8 heteroatoms. The van der Waals surface area contributed by atoms with E-state index in [0.717, 1.165) is 42.4 Å². The lowest BCUT2D eigenvalue weighted by atomic mass is 9.79. The predicted molar refractivity (Wildman–Crippen MR) is 98.2 cm³/mol. The van der Waals surface area contributed by atoms with Crippen LogP contribution in [-0.4, -0.2) is 41.6 Å². The largest absolute Gasteiger partial charge is 0.388 e. The van der Waals surface area contributed by atoms with Gasteiger partial charge in [-0.15, -0.1) is 10.2 Å². The fraction of sp³-hybridized carbons (Fsp3) is 0.474. The van der Waals surface area contributed by atoms with Gasteiger partial charge >= 0.3 is 0 Å². The van der Waals surface area contributed by atoms with E-state index in [2.05, 4.69) is 25.2 Å². The van der Waals surface area contributed by atoms with Crippen LogP contribution in [0.2, 0.25) is 0 Å². The predicted octanol–water partition coefficient (Wildman–Crippen LogP) is 1.67. The number of aliphatic hydroxyl groups is 1. The minimum absolute atomic E-state index is 0.0802. The molecule has 2 fully saturated rings. The summed E-state index contributed by atoms with van der Waals surface area (Å²) in [4.78, 5) is 12.7. The number of carbonyl (C=O) groups is 1. The lowest BCUT2D eigenvalue weighted by molar-refractivity contribution is 0.0902. The monoisotopic (exact) mass is 366 g/mol. The molecule has 140 valence electrons. The van der Waals surface area contributed by atoms with Crippen LogP contribution in [0, 0.1) is 0 Å². The first kappa shape index (κ1) is 16.4. The van der Waals surface area contributed by atoms with Crippen molar-refractivity contribution >= 4 is 16.8 Å². The Hall–Kier alpha value is -2.74. The summed E-state index contributed by atoms with van der Waals surface area (Å²) in [5.41, 5.74) is 1.42. The summed E-state index contributed by atoms with van der Waals surface area (Å²) in [6.07, 6.45) is 3.93. The summed E-state index contributed by atoms with van der Waals surface area (Å²) in [5, 5.41) is 26.3. The number of aliphatic hydroxyl groups excluding tert-OH is 1. The molecule has 1 amide bonds. The van der Waals surface area contributed by atoms with E-state index < -0.39 is 0 Å². The Labute approximate surface area is 156 Å². The number of amides is 1. The normalized spacial score (nSPS) is 22.0. The molecular formula is C19H22N6O2. The van der Waals surface area contributed by atoms with Crippen molar-refractivity contribution < 1.29 is 9.90 Å². The minimum atomic E-state index is -0.130. The highest BCUT2D eigenvalue weighted by atomic mass is 16.3. The van der Waals surface area contributed by atoms with Gasteiger partial charge in [0.1, 0.15) is 12.4 Å². The molecule has 2 aliphatic carbocycles. The number of aryl methyl sites for hydroxylation is 1. The lowest BCUT2D eigenvalue weighted by Gasteiger charge is -2.35. The summed E-state index contributed by atoms with van der Waals surface area (Å²) in [7, 11) is 1.85. The first-order chi connectivity index (χ1) is 13.2. The van der Waals surface area contributed by atoms with Gasteiger partial charge in [-0.25, -0.2) is 0 Å². The van der Waals surface area contributed by atoms with Gasteiger partial charge in [0.2, 0.25) is 0 Å². The second-order valence-electron chi connectivity index (χ2n) is 7.56. The molecular weight excluding hydrogens is 344 g/mol. The van der Waals surface area contributed by atoms with Crippen LogP contribution in [0.5, 0.6) is 0 Å². The van der Waals surface area contributed by atoms with Crippen molar-refractivity contribution in [2.45, 2.75) is 50.3 Å². The van der Waals surface area contributed by atoms with E-state index in [1.807, 2.05) is 31.3 Å². The van der Waals surface area contributed by atoms with E-state index in [4.69, 9.17) is 0 Å². The number of rotatable bonds is 5. The molecule has 2 aromatic heterocycles. The number of nitrogens with zero attached hydrogens (tertiary/aromatic N) is 5. The zero-order chi connectivity index (χ0) is 18.5. The molecule has 0 bridgehead atoms. The summed E-state index contributed by atoms with van der Waals surface area (Å²) >= 11 is 0. The molecule has 1 aromatic carbocycles. The Morgan fingerprint density at radius 3 is 2.78 bits per heavy atom. The van der Waals surface area contributed by atoms with Crippen LogP contribution in [0.4, 0.5) is 0 Å². The Bertz CT molecular complexity index is 1010. The van der Waals surface area contributed by atoms with Crippen molar-refractivity contribution in [3.8, 4) is 0 Å². The third kappa shape index (κ3) is 2.71. The summed E-state index contributed by atoms with van der Waals surface area (Å²) < 4.78 is 3.84. The summed E-state index contributed by atoms with van der Waals surface area (Å²) in [6.45, 7) is -0.0802. The van der Waals surface area contributed by atoms with Crippen LogP contribution < -0.4 is 5.32 Å². The first-order valence-corrected chi connectivity index (χ1v) is 9.43. The molecule has 0 radical (unpaired) electrons. The van der Waals surface area contributed by atoms with Gasteiger partial charge in [0.25, 0.3) is 5.91 Å². The molecule has 0 unspecified atom stereocenters. The molecule has 0 atom stereocenters. The van der Waals surface area contributed by atoms with E-state index in [9.17, 15) is 9.90 Å². The fourth-order valence-corrected chi connectivity index (χ4v) is 4.04. The average Bonchev–Trinajstić information content (AvgIpc) is 3.31. The number of fused-ring (bicyclic) bond motifs is 1. The van der Waals surface area contributed by atoms with E-state index in [0.29, 0.717) is 17.6 Å². The topological polar surface area (TPSA) is 97.9 Å². The highest BCUT2D eigenvalue weighted by Crippen LogP contribution is 2.42. The van der Waals surface area contributed by atoms with E-state index in [-0.39, 0.29) is 24.5 Å². The van der Waals surface area contributed by atoms with Crippen LogP contribution in [0.25, 0.3) is 10.9 Å². The molecule has 0 saturated heterocycles. The number of nitrogens with one attached hydrogen (secondary N) is 1. The van der Waals surface area contributed by atoms with Gasteiger partial charge in [0.15, 0.2) is 11.5 Å². The maximum Gasteiger partial charge on any atom is 0.272 e. The Morgan fingerprint density at radius 2 is 2.04 bits per heavy atom. The number of aromatic nitrogens is 5. The van der Waals surface area contributed by atoms with Crippen LogP contribution in [0.15, 0.2) is 24.3 Å². The maximum atomic E-state index is 12.7. The molecule has 0 spiro atoms. The smallest absolute Gasteiger partial charge is 0.272 e. The van der Waals surface area contributed by atoms with Crippen molar-refractivity contribution in [1.29, 1.82) is 0 Å². The first-order valence-electron chi connectivity index (χ1n) is 9.43. The zero-order valence-electron chi connectivity index (χ0n) is 15.2. The van der Waals surface area contributed by atoms with E-state index in [1.165, 1.54) is 0 Å². The standard InChI is InChI=1S/C19H22N6O2/c1-24-15-5-3-2-4-14(15)17(23-24)19(27)20-12-8-11(9-12)18-22-21-16(10-26)25(18)13-6-7-13/h2-5,11-13,26H,6-10H2,1H3,(H,20,27). The Kier molecular flexibility index (Phi) is 3.75. The van der Waals surface area contributed by atoms with Crippen LogP contribution >= 0.6 is 0 Å². The molecule has 0 aliphatic heterocycles. The van der Waals surface area contributed by atoms with Crippen LogP contribution in [0.3, 0.4) is 0 Å². The quantitative estimate of drug-likeness (QED) is 0.716. The van der Waals surface area contributed by atoms with Gasteiger partial charge in [-0.3, -0.25) is 9.48 Å². The number of carbonyl (C=O) groups excluding carboxylic acids is 1. The Morgan fingerprint density at radius 1 is 1.26 bits per heavy atom. The second-order valence-corrected chi connectivity index (χ2v) is 7.56. The number of hydrogen-bond acceptors (Lipinski definition) is 5. The minimum Gasteiger partial charge on any atom is -0.388 e. The SMILES string of the molecule is Cn1nc(C(=O)NC2CC(c3nnc(CO)n3C3CC3)C2)c2ccccc21. The third-order valence-corrected chi connectivity index (χ3v) is 5.66. The van der Waals surface area contributed by atoms with Crippen molar-refractivity contribution in [3.05, 3.63) is 41.6 Å². The van der Waals surface area contributed by atoms with Crippen LogP contribution in [0.1, 0.15) is 59.8 Å². The highest BCUT2D eigenvalue weighted by molar-refractivity contribution is 6.04. The van der Waals surface area contributed by atoms with E-state index >= 15 is 0 Å². The molecule has 2 heterocycles. The van der Waals surface area contributed by atoms with Gasteiger partial charge in [0, 0.05) is 30.4 Å². The maximum absolute atomic E-state index is 12.7. The molecule has 5 rings (SSSR count). The van der Waals surface area contributed by atoms with Gasteiger partial charge in [0.05, 0.1) is 5.52 Å². The average molecular weight is 366 g/mol. The second kappa shape index (κ2) is 6.16. The van der Waals surface area contributed by atoms with Crippen molar-refractivity contribution in [1.82, 2.24) is 29.9 Å². The zero-order valence-corrected chi connectivity index (χ0v) is 15.2. The van der Waals surface area contributed by atoms with Crippen molar-refractivity contribution in [3.63, 3.8) is 0 Å². The van der Waals surface area contributed by atoms with Gasteiger partial charge in [-0.05, 0) is 31.7 Å². The Balaban J connectivity index is 1.28. The fourth-order valence-electron chi connectivity index (χ4n) is 4.04. The molecule has 3 aromatic rings. The van der Waals surface area contributed by atoms with Gasteiger partial charge < -0.3 is 15.0 Å². The summed E-state index contributed by atoms with van der Waals surface area (Å²) in [6, 6.07) is 8.30. The number of hydrogen-bond donors (Lipinski definition) is 2. The van der Waals surface area contributed by atoms with Crippen LogP contribution in [-0.2, 0) is 13.7 Å². The molecule has 2 N–H and O–H groups in total. The molecule has 2 aliphatic rings. The third-order valence-electron chi connectivity index (χ3n) is 5.66. The highest BCUT2D eigenvalue weighted by Gasteiger charge is 2.39. The number of benzene rings is 1. The van der Waals surface area contributed by atoms with Crippen molar-refractivity contribution in [2.24, 2.45) is 7.05 Å². The van der Waals surface area contributed by atoms with Crippen molar-refractivity contribution in [2.75, 3.05) is 0 Å². The lowest BCUT2D eigenvalue weighted by Crippen LogP contribution is -2.44. The van der Waals surface area contributed by atoms with Gasteiger partial charge in [-0.1, -0.05) is 18.2 Å². The number of para-hydroxylation sites is 1. The summed E-state index contributed by atoms with van der Waals surface area (Å²) in [5.74, 6) is 1.76. The molecule has 2 saturated carbocycles. The van der Waals surface area contributed by atoms with Gasteiger partial charge in [-0.2, -0.15) is 5.10 Å².